The third kappa shape index (κ3) is 3.77. The van der Waals surface area contributed by atoms with Gasteiger partial charge in [0.15, 0.2) is 0 Å². The fourth-order valence-corrected chi connectivity index (χ4v) is 4.38. The second-order valence-electron chi connectivity index (χ2n) is 5.30. The maximum absolute atomic E-state index is 12.5. The first-order valence-corrected chi connectivity index (χ1v) is 9.89. The molecule has 3 aromatic rings. The Hall–Kier alpha value is -2.52. The van der Waals surface area contributed by atoms with Gasteiger partial charge in [-0.2, -0.15) is 5.10 Å². The summed E-state index contributed by atoms with van der Waals surface area (Å²) in [5.74, 6) is 0.271. The standard InChI is InChI=1S/C16H16N4O3S2/c1-3-20-15(21)8-7-13(18-20)12-9-16(24-10-12)25(22,23)19-14-6-4-5-11(2)17-14/h4-10H,3H2,1-2H3,(H,17,19). The van der Waals surface area contributed by atoms with Crippen molar-refractivity contribution >= 4 is 27.2 Å². The Morgan fingerprint density at radius 2 is 2.04 bits per heavy atom. The summed E-state index contributed by atoms with van der Waals surface area (Å²) < 4.78 is 29.0. The van der Waals surface area contributed by atoms with Crippen molar-refractivity contribution in [1.29, 1.82) is 0 Å². The Labute approximate surface area is 149 Å². The van der Waals surface area contributed by atoms with Crippen LogP contribution in [0.1, 0.15) is 12.6 Å². The molecule has 0 radical (unpaired) electrons. The van der Waals surface area contributed by atoms with Gasteiger partial charge in [0.25, 0.3) is 15.6 Å². The molecule has 0 saturated carbocycles. The summed E-state index contributed by atoms with van der Waals surface area (Å²) in [5, 5.41) is 5.93. The Bertz CT molecular complexity index is 1070. The van der Waals surface area contributed by atoms with Crippen LogP contribution < -0.4 is 10.3 Å². The minimum Gasteiger partial charge on any atom is -0.268 e. The van der Waals surface area contributed by atoms with E-state index < -0.39 is 10.0 Å². The highest BCUT2D eigenvalue weighted by molar-refractivity contribution is 7.94. The van der Waals surface area contributed by atoms with Crippen molar-refractivity contribution in [2.45, 2.75) is 24.6 Å². The van der Waals surface area contributed by atoms with Gasteiger partial charge < -0.3 is 0 Å². The SMILES string of the molecule is CCn1nc(-c2csc(S(=O)(=O)Nc3cccc(C)n3)c2)ccc1=O. The van der Waals surface area contributed by atoms with E-state index in [-0.39, 0.29) is 15.6 Å². The van der Waals surface area contributed by atoms with Crippen molar-refractivity contribution in [2.75, 3.05) is 4.72 Å². The van der Waals surface area contributed by atoms with Crippen molar-refractivity contribution in [3.63, 3.8) is 0 Å². The summed E-state index contributed by atoms with van der Waals surface area (Å²) in [6, 6.07) is 9.66. The molecule has 0 aromatic carbocycles. The number of pyridine rings is 1. The van der Waals surface area contributed by atoms with Gasteiger partial charge in [-0.05, 0) is 38.1 Å². The minimum absolute atomic E-state index is 0.154. The molecule has 0 saturated heterocycles. The van der Waals surface area contributed by atoms with Crippen LogP contribution in [0, 0.1) is 6.92 Å². The number of nitrogens with zero attached hydrogens (tertiary/aromatic N) is 3. The molecule has 0 aliphatic rings. The van der Waals surface area contributed by atoms with E-state index in [0.29, 0.717) is 17.8 Å². The molecule has 0 aliphatic carbocycles. The van der Waals surface area contributed by atoms with Gasteiger partial charge in [0.2, 0.25) is 0 Å². The van der Waals surface area contributed by atoms with Gasteiger partial charge in [-0.3, -0.25) is 9.52 Å². The van der Waals surface area contributed by atoms with E-state index in [9.17, 15) is 13.2 Å². The smallest absolute Gasteiger partial charge is 0.268 e. The summed E-state index contributed by atoms with van der Waals surface area (Å²) >= 11 is 1.09. The molecule has 3 rings (SSSR count). The summed E-state index contributed by atoms with van der Waals surface area (Å²) in [4.78, 5) is 15.8. The van der Waals surface area contributed by atoms with Crippen LogP contribution in [0.3, 0.4) is 0 Å². The Morgan fingerprint density at radius 1 is 1.24 bits per heavy atom. The van der Waals surface area contributed by atoms with Crippen LogP contribution in [0.15, 0.2) is 50.8 Å². The number of nitrogens with one attached hydrogen (secondary N) is 1. The minimum atomic E-state index is -3.73. The van der Waals surface area contributed by atoms with E-state index in [1.165, 1.54) is 16.8 Å². The first-order valence-electron chi connectivity index (χ1n) is 7.52. The quantitative estimate of drug-likeness (QED) is 0.738. The summed E-state index contributed by atoms with van der Waals surface area (Å²) in [5.41, 5.74) is 1.72. The lowest BCUT2D eigenvalue weighted by molar-refractivity contribution is 0.603. The Kier molecular flexibility index (Phi) is 4.69. The van der Waals surface area contributed by atoms with Gasteiger partial charge in [-0.25, -0.2) is 18.1 Å². The largest absolute Gasteiger partial charge is 0.272 e. The number of thiophene rings is 1. The highest BCUT2D eigenvalue weighted by Gasteiger charge is 2.18. The van der Waals surface area contributed by atoms with Crippen molar-refractivity contribution in [1.82, 2.24) is 14.8 Å². The molecule has 0 aliphatic heterocycles. The van der Waals surface area contributed by atoms with Crippen molar-refractivity contribution in [3.05, 3.63) is 57.8 Å². The van der Waals surface area contributed by atoms with Crippen molar-refractivity contribution in [3.8, 4) is 11.3 Å². The average Bonchev–Trinajstić information content (AvgIpc) is 3.06. The maximum atomic E-state index is 12.5. The molecule has 7 nitrogen and oxygen atoms in total. The van der Waals surface area contributed by atoms with Gasteiger partial charge in [0, 0.05) is 29.2 Å². The molecule has 0 amide bonds. The second kappa shape index (κ2) is 6.77. The highest BCUT2D eigenvalue weighted by atomic mass is 32.2. The number of aromatic nitrogens is 3. The van der Waals surface area contributed by atoms with Crippen molar-refractivity contribution in [2.24, 2.45) is 0 Å². The topological polar surface area (TPSA) is 93.9 Å². The van der Waals surface area contributed by atoms with E-state index >= 15 is 0 Å². The number of aryl methyl sites for hydroxylation is 2. The highest BCUT2D eigenvalue weighted by Crippen LogP contribution is 2.28. The number of hydrogen-bond donors (Lipinski definition) is 1. The van der Waals surface area contributed by atoms with Crippen LogP contribution in [-0.4, -0.2) is 23.2 Å². The van der Waals surface area contributed by atoms with Crippen LogP contribution >= 0.6 is 11.3 Å². The first-order chi connectivity index (χ1) is 11.9. The predicted octanol–water partition coefficient (Wildman–Crippen LogP) is 2.50. The van der Waals surface area contributed by atoms with Gasteiger partial charge in [0.05, 0.1) is 5.69 Å². The molecule has 0 unspecified atom stereocenters. The molecule has 3 aromatic heterocycles. The van der Waals surface area contributed by atoms with Crippen molar-refractivity contribution < 1.29 is 8.42 Å². The monoisotopic (exact) mass is 376 g/mol. The molecule has 25 heavy (non-hydrogen) atoms. The van der Waals surface area contributed by atoms with E-state index in [0.717, 1.165) is 17.0 Å². The van der Waals surface area contributed by atoms with E-state index in [1.807, 2.05) is 6.92 Å². The van der Waals surface area contributed by atoms with E-state index in [1.54, 1.807) is 36.6 Å². The number of sulfonamides is 1. The van der Waals surface area contributed by atoms with Crippen LogP contribution in [0.4, 0.5) is 5.82 Å². The van der Waals surface area contributed by atoms with Gasteiger partial charge >= 0.3 is 0 Å². The normalized spacial score (nSPS) is 11.4. The zero-order valence-electron chi connectivity index (χ0n) is 13.6. The van der Waals surface area contributed by atoms with Gasteiger partial charge in [-0.1, -0.05) is 6.07 Å². The zero-order chi connectivity index (χ0) is 18.0. The molecule has 0 spiro atoms. The first kappa shape index (κ1) is 17.3. The molecular formula is C16H16N4O3S2. The molecule has 0 bridgehead atoms. The van der Waals surface area contributed by atoms with Crippen LogP contribution in [0.25, 0.3) is 11.3 Å². The third-order valence-electron chi connectivity index (χ3n) is 3.43. The lowest BCUT2D eigenvalue weighted by Gasteiger charge is -2.05. The molecule has 3 heterocycles. The molecule has 0 atom stereocenters. The average molecular weight is 376 g/mol. The summed E-state index contributed by atoms with van der Waals surface area (Å²) in [6.45, 7) is 4.05. The number of anilines is 1. The predicted molar refractivity (Wildman–Crippen MR) is 97.3 cm³/mol. The number of rotatable bonds is 5. The molecular weight excluding hydrogens is 360 g/mol. The molecule has 130 valence electrons. The van der Waals surface area contributed by atoms with Gasteiger partial charge in [0.1, 0.15) is 10.0 Å². The lowest BCUT2D eigenvalue weighted by atomic mass is 10.2. The molecule has 9 heteroatoms. The van der Waals surface area contributed by atoms with Crippen LogP contribution in [0.2, 0.25) is 0 Å². The second-order valence-corrected chi connectivity index (χ2v) is 8.12. The summed E-state index contributed by atoms with van der Waals surface area (Å²) in [6.07, 6.45) is 0. The van der Waals surface area contributed by atoms with Gasteiger partial charge in [-0.15, -0.1) is 11.3 Å². The third-order valence-corrected chi connectivity index (χ3v) is 6.22. The maximum Gasteiger partial charge on any atom is 0.272 e. The number of hydrogen-bond acceptors (Lipinski definition) is 6. The van der Waals surface area contributed by atoms with Crippen LogP contribution in [0.5, 0.6) is 0 Å². The van der Waals surface area contributed by atoms with E-state index in [2.05, 4.69) is 14.8 Å². The Balaban J connectivity index is 1.91. The fourth-order valence-electron chi connectivity index (χ4n) is 2.21. The molecule has 0 fully saturated rings. The van der Waals surface area contributed by atoms with Crippen LogP contribution in [-0.2, 0) is 16.6 Å². The van der Waals surface area contributed by atoms with E-state index in [4.69, 9.17) is 0 Å². The molecule has 1 N–H and O–H groups in total. The Morgan fingerprint density at radius 3 is 2.76 bits per heavy atom. The zero-order valence-corrected chi connectivity index (χ0v) is 15.3. The summed E-state index contributed by atoms with van der Waals surface area (Å²) in [7, 11) is -3.73. The fraction of sp³-hybridized carbons (Fsp3) is 0.188. The lowest BCUT2D eigenvalue weighted by Crippen LogP contribution is -2.20.